The zero-order chi connectivity index (χ0) is 10.7. The molecule has 1 aliphatic rings. The maximum absolute atomic E-state index is 9.90. The van der Waals surface area contributed by atoms with Crippen molar-refractivity contribution >= 4 is 5.69 Å². The van der Waals surface area contributed by atoms with Gasteiger partial charge >= 0.3 is 0 Å². The Morgan fingerprint density at radius 1 is 1.33 bits per heavy atom. The summed E-state index contributed by atoms with van der Waals surface area (Å²) in [5.41, 5.74) is 5.12. The second kappa shape index (κ2) is 4.61. The Hall–Kier alpha value is -1.10. The zero-order valence-electron chi connectivity index (χ0n) is 8.44. The van der Waals surface area contributed by atoms with Crippen molar-refractivity contribution < 1.29 is 15.4 Å². The SMILES string of the molecule is OONc1ccc2c(c1)C(O)CCCC2. The second-order valence-corrected chi connectivity index (χ2v) is 3.87. The molecule has 0 aromatic heterocycles. The molecule has 4 heteroatoms. The standard InChI is InChI=1S/C11H15NO3/c13-11-4-2-1-3-8-5-6-9(12-15-14)7-10(8)11/h5-7,11-14H,1-4H2. The molecular formula is C11H15NO3. The predicted molar refractivity (Wildman–Crippen MR) is 56.3 cm³/mol. The highest BCUT2D eigenvalue weighted by Crippen LogP contribution is 2.30. The number of anilines is 1. The topological polar surface area (TPSA) is 61.7 Å². The van der Waals surface area contributed by atoms with Gasteiger partial charge in [-0.2, -0.15) is 0 Å². The molecule has 0 bridgehead atoms. The van der Waals surface area contributed by atoms with Crippen LogP contribution >= 0.6 is 0 Å². The average Bonchev–Trinajstić information content (AvgIpc) is 2.42. The maximum Gasteiger partial charge on any atom is 0.0793 e. The first-order valence-corrected chi connectivity index (χ1v) is 5.18. The van der Waals surface area contributed by atoms with E-state index in [0.717, 1.165) is 31.2 Å². The van der Waals surface area contributed by atoms with Crippen LogP contribution in [0.25, 0.3) is 0 Å². The van der Waals surface area contributed by atoms with E-state index in [-0.39, 0.29) is 0 Å². The third-order valence-corrected chi connectivity index (χ3v) is 2.84. The fraction of sp³-hybridized carbons (Fsp3) is 0.455. The van der Waals surface area contributed by atoms with Crippen LogP contribution < -0.4 is 5.48 Å². The van der Waals surface area contributed by atoms with Gasteiger partial charge in [0.25, 0.3) is 0 Å². The van der Waals surface area contributed by atoms with Gasteiger partial charge in [0.1, 0.15) is 0 Å². The van der Waals surface area contributed by atoms with Gasteiger partial charge in [0.2, 0.25) is 0 Å². The van der Waals surface area contributed by atoms with Gasteiger partial charge in [-0.25, -0.2) is 10.7 Å². The molecule has 82 valence electrons. The van der Waals surface area contributed by atoms with E-state index >= 15 is 0 Å². The summed E-state index contributed by atoms with van der Waals surface area (Å²) in [5.74, 6) is 0. The average molecular weight is 209 g/mol. The summed E-state index contributed by atoms with van der Waals surface area (Å²) in [6, 6.07) is 5.61. The Bertz CT molecular complexity index is 341. The molecule has 4 nitrogen and oxygen atoms in total. The molecule has 2 rings (SSSR count). The van der Waals surface area contributed by atoms with Crippen molar-refractivity contribution in [1.29, 1.82) is 0 Å². The van der Waals surface area contributed by atoms with Crippen LogP contribution in [0.4, 0.5) is 5.69 Å². The molecule has 0 heterocycles. The molecule has 0 radical (unpaired) electrons. The lowest BCUT2D eigenvalue weighted by Crippen LogP contribution is -2.02. The van der Waals surface area contributed by atoms with Crippen LogP contribution in [0.15, 0.2) is 18.2 Å². The summed E-state index contributed by atoms with van der Waals surface area (Å²) >= 11 is 0. The first-order chi connectivity index (χ1) is 7.31. The van der Waals surface area contributed by atoms with Crippen molar-refractivity contribution in [3.8, 4) is 0 Å². The van der Waals surface area contributed by atoms with Crippen molar-refractivity contribution in [2.24, 2.45) is 0 Å². The van der Waals surface area contributed by atoms with Gasteiger partial charge in [-0.3, -0.25) is 0 Å². The Morgan fingerprint density at radius 2 is 2.20 bits per heavy atom. The van der Waals surface area contributed by atoms with E-state index in [1.165, 1.54) is 5.56 Å². The van der Waals surface area contributed by atoms with Gasteiger partial charge in [0.05, 0.1) is 11.8 Å². The highest BCUT2D eigenvalue weighted by molar-refractivity contribution is 5.48. The summed E-state index contributed by atoms with van der Waals surface area (Å²) in [6.07, 6.45) is 3.58. The zero-order valence-corrected chi connectivity index (χ0v) is 8.44. The van der Waals surface area contributed by atoms with Gasteiger partial charge in [-0.05, 0) is 42.5 Å². The number of hydrogen-bond acceptors (Lipinski definition) is 4. The Labute approximate surface area is 88.4 Å². The van der Waals surface area contributed by atoms with E-state index in [9.17, 15) is 5.11 Å². The molecule has 0 saturated carbocycles. The minimum atomic E-state index is -0.400. The van der Waals surface area contributed by atoms with E-state index < -0.39 is 6.10 Å². The van der Waals surface area contributed by atoms with Crippen molar-refractivity contribution in [2.45, 2.75) is 31.8 Å². The van der Waals surface area contributed by atoms with Gasteiger partial charge in [0, 0.05) is 0 Å². The van der Waals surface area contributed by atoms with Crippen molar-refractivity contribution in [1.82, 2.24) is 0 Å². The van der Waals surface area contributed by atoms with Crippen LogP contribution in [0.2, 0.25) is 0 Å². The molecule has 1 unspecified atom stereocenters. The highest BCUT2D eigenvalue weighted by Gasteiger charge is 2.16. The number of hydrogen-bond donors (Lipinski definition) is 3. The summed E-state index contributed by atoms with van der Waals surface area (Å²) < 4.78 is 0. The van der Waals surface area contributed by atoms with Crippen molar-refractivity contribution in [3.05, 3.63) is 29.3 Å². The van der Waals surface area contributed by atoms with Gasteiger partial charge < -0.3 is 5.11 Å². The third kappa shape index (κ3) is 2.28. The monoisotopic (exact) mass is 209 g/mol. The molecule has 0 saturated heterocycles. The molecular weight excluding hydrogens is 194 g/mol. The molecule has 15 heavy (non-hydrogen) atoms. The smallest absolute Gasteiger partial charge is 0.0793 e. The molecule has 0 fully saturated rings. The fourth-order valence-corrected chi connectivity index (χ4v) is 2.06. The minimum absolute atomic E-state index is 0.400. The third-order valence-electron chi connectivity index (χ3n) is 2.84. The molecule has 1 aromatic rings. The largest absolute Gasteiger partial charge is 0.388 e. The number of aryl methyl sites for hydroxylation is 1. The van der Waals surface area contributed by atoms with Gasteiger partial charge in [-0.15, -0.1) is 4.99 Å². The quantitative estimate of drug-likeness (QED) is 0.397. The van der Waals surface area contributed by atoms with Crippen LogP contribution in [0.5, 0.6) is 0 Å². The summed E-state index contributed by atoms with van der Waals surface area (Å²) in [7, 11) is 0. The van der Waals surface area contributed by atoms with E-state index in [2.05, 4.69) is 10.5 Å². The highest BCUT2D eigenvalue weighted by atomic mass is 17.2. The van der Waals surface area contributed by atoms with E-state index in [0.29, 0.717) is 5.69 Å². The van der Waals surface area contributed by atoms with Crippen LogP contribution in [-0.4, -0.2) is 10.4 Å². The molecule has 1 aromatic carbocycles. The van der Waals surface area contributed by atoms with Crippen molar-refractivity contribution in [3.63, 3.8) is 0 Å². The van der Waals surface area contributed by atoms with Crippen LogP contribution in [0.3, 0.4) is 0 Å². The fourth-order valence-electron chi connectivity index (χ4n) is 2.06. The lowest BCUT2D eigenvalue weighted by atomic mass is 10.0. The predicted octanol–water partition coefficient (Wildman–Crippen LogP) is 2.26. The Morgan fingerprint density at radius 3 is 3.00 bits per heavy atom. The number of benzene rings is 1. The number of fused-ring (bicyclic) bond motifs is 1. The summed E-state index contributed by atoms with van der Waals surface area (Å²) in [4.78, 5) is 3.85. The Kier molecular flexibility index (Phi) is 3.20. The number of aliphatic hydroxyl groups excluding tert-OH is 1. The van der Waals surface area contributed by atoms with E-state index in [1.54, 1.807) is 0 Å². The first-order valence-electron chi connectivity index (χ1n) is 5.18. The first kappa shape index (κ1) is 10.4. The Balaban J connectivity index is 2.31. The number of aliphatic hydroxyl groups is 1. The summed E-state index contributed by atoms with van der Waals surface area (Å²) in [6.45, 7) is 0. The lowest BCUT2D eigenvalue weighted by molar-refractivity contribution is -0.215. The van der Waals surface area contributed by atoms with Crippen LogP contribution in [0, 0.1) is 0 Å². The van der Waals surface area contributed by atoms with Crippen LogP contribution in [0.1, 0.15) is 36.5 Å². The maximum atomic E-state index is 9.90. The minimum Gasteiger partial charge on any atom is -0.388 e. The lowest BCUT2D eigenvalue weighted by Gasteiger charge is -2.13. The van der Waals surface area contributed by atoms with Crippen LogP contribution in [-0.2, 0) is 11.4 Å². The molecule has 0 amide bonds. The van der Waals surface area contributed by atoms with Gasteiger partial charge in [-0.1, -0.05) is 12.5 Å². The molecule has 3 N–H and O–H groups in total. The van der Waals surface area contributed by atoms with Gasteiger partial charge in [0.15, 0.2) is 0 Å². The summed E-state index contributed by atoms with van der Waals surface area (Å²) in [5, 5.41) is 18.2. The van der Waals surface area contributed by atoms with E-state index in [4.69, 9.17) is 5.26 Å². The second-order valence-electron chi connectivity index (χ2n) is 3.87. The number of rotatable bonds is 2. The van der Waals surface area contributed by atoms with Crippen molar-refractivity contribution in [2.75, 3.05) is 5.48 Å². The molecule has 1 aliphatic carbocycles. The molecule has 1 atom stereocenters. The molecule has 0 aliphatic heterocycles. The van der Waals surface area contributed by atoms with E-state index in [1.807, 2.05) is 18.2 Å². The number of nitrogens with one attached hydrogen (secondary N) is 1. The molecule has 0 spiro atoms. The normalized spacial score (nSPS) is 20.5.